The van der Waals surface area contributed by atoms with E-state index in [0.29, 0.717) is 5.13 Å². The predicted octanol–water partition coefficient (Wildman–Crippen LogP) is 1.95. The zero-order chi connectivity index (χ0) is 16.4. The highest BCUT2D eigenvalue weighted by Gasteiger charge is 2.32. The van der Waals surface area contributed by atoms with Gasteiger partial charge in [-0.25, -0.2) is 4.79 Å². The summed E-state index contributed by atoms with van der Waals surface area (Å²) in [6, 6.07) is 0.208. The summed E-state index contributed by atoms with van der Waals surface area (Å²) in [6.07, 6.45) is 2.63. The molecule has 0 spiro atoms. The first-order valence-corrected chi connectivity index (χ1v) is 9.08. The highest BCUT2D eigenvalue weighted by molar-refractivity contribution is 7.15. The van der Waals surface area contributed by atoms with E-state index in [-0.39, 0.29) is 24.3 Å². The fraction of sp³-hybridized carbons (Fsp3) is 0.800. The van der Waals surface area contributed by atoms with Gasteiger partial charge in [-0.3, -0.25) is 10.2 Å². The van der Waals surface area contributed by atoms with E-state index in [4.69, 9.17) is 4.74 Å². The number of rotatable bonds is 3. The minimum Gasteiger partial charge on any atom is -0.373 e. The van der Waals surface area contributed by atoms with Gasteiger partial charge in [-0.2, -0.15) is 0 Å². The topological polar surface area (TPSA) is 70.6 Å². The first kappa shape index (κ1) is 16.6. The quantitative estimate of drug-likeness (QED) is 0.911. The lowest BCUT2D eigenvalue weighted by Gasteiger charge is -2.38. The van der Waals surface area contributed by atoms with Crippen LogP contribution >= 0.6 is 11.3 Å². The lowest BCUT2D eigenvalue weighted by Crippen LogP contribution is -2.51. The van der Waals surface area contributed by atoms with Crippen LogP contribution in [0.4, 0.5) is 9.93 Å². The number of amides is 2. The third-order valence-electron chi connectivity index (χ3n) is 4.34. The van der Waals surface area contributed by atoms with Gasteiger partial charge in [-0.05, 0) is 33.6 Å². The first-order chi connectivity index (χ1) is 11.0. The maximum Gasteiger partial charge on any atom is 0.323 e. The molecule has 0 unspecified atom stereocenters. The van der Waals surface area contributed by atoms with Crippen molar-refractivity contribution in [2.45, 2.75) is 51.9 Å². The number of likely N-dealkylation sites (tertiary alicyclic amines) is 1. The average Bonchev–Trinajstić information content (AvgIpc) is 3.07. The van der Waals surface area contributed by atoms with Crippen molar-refractivity contribution in [1.82, 2.24) is 20.0 Å². The number of hydrogen-bond acceptors (Lipinski definition) is 6. The molecule has 7 nitrogen and oxygen atoms in total. The number of ether oxygens (including phenoxy) is 1. The van der Waals surface area contributed by atoms with Crippen molar-refractivity contribution >= 4 is 22.5 Å². The molecule has 2 saturated heterocycles. The van der Waals surface area contributed by atoms with Crippen LogP contribution in [0.15, 0.2) is 0 Å². The molecule has 128 valence electrons. The van der Waals surface area contributed by atoms with E-state index in [1.807, 2.05) is 11.8 Å². The summed E-state index contributed by atoms with van der Waals surface area (Å²) in [5.41, 5.74) is 0. The van der Waals surface area contributed by atoms with E-state index in [9.17, 15) is 4.79 Å². The van der Waals surface area contributed by atoms with Crippen LogP contribution < -0.4 is 5.32 Å². The van der Waals surface area contributed by atoms with Gasteiger partial charge in [0.15, 0.2) is 0 Å². The van der Waals surface area contributed by atoms with Crippen molar-refractivity contribution in [2.75, 3.05) is 31.5 Å². The molecule has 0 saturated carbocycles. The Morgan fingerprint density at radius 1 is 1.35 bits per heavy atom. The Morgan fingerprint density at radius 3 is 2.74 bits per heavy atom. The summed E-state index contributed by atoms with van der Waals surface area (Å²) >= 11 is 1.40. The standard InChI is InChI=1S/C15H25N5O2S/c1-10-7-19(8-11(2)22-10)9-13-5-4-6-20(13)15(21)16-14-18-17-12(3)23-14/h10-11,13H,4-9H2,1-3H3,(H,16,18,21)/t10-,11+,13-/m0/s1. The third kappa shape index (κ3) is 4.19. The SMILES string of the molecule is Cc1nnc(NC(=O)N2CCC[C@H]2CN2C[C@@H](C)O[C@@H](C)C2)s1. The fourth-order valence-corrected chi connectivity index (χ4v) is 4.12. The molecule has 0 aliphatic carbocycles. The monoisotopic (exact) mass is 339 g/mol. The number of carbonyl (C=O) groups excluding carboxylic acids is 1. The van der Waals surface area contributed by atoms with E-state index < -0.39 is 0 Å². The Kier molecular flexibility index (Phi) is 5.13. The lowest BCUT2D eigenvalue weighted by molar-refractivity contribution is -0.0712. The molecule has 1 N–H and O–H groups in total. The molecule has 3 heterocycles. The van der Waals surface area contributed by atoms with Gasteiger partial charge in [0, 0.05) is 32.2 Å². The molecule has 1 aromatic heterocycles. The van der Waals surface area contributed by atoms with Crippen molar-refractivity contribution in [3.63, 3.8) is 0 Å². The highest BCUT2D eigenvalue weighted by atomic mass is 32.1. The molecule has 2 fully saturated rings. The predicted molar refractivity (Wildman–Crippen MR) is 89.8 cm³/mol. The Bertz CT molecular complexity index is 542. The number of carbonyl (C=O) groups is 1. The van der Waals surface area contributed by atoms with Crippen LogP contribution in [0.3, 0.4) is 0 Å². The van der Waals surface area contributed by atoms with Crippen LogP contribution in [0.25, 0.3) is 0 Å². The molecule has 2 amide bonds. The van der Waals surface area contributed by atoms with Crippen molar-refractivity contribution in [3.8, 4) is 0 Å². The second-order valence-electron chi connectivity index (χ2n) is 6.52. The van der Waals surface area contributed by atoms with Crippen LogP contribution in [0.1, 0.15) is 31.7 Å². The van der Waals surface area contributed by atoms with Gasteiger partial charge in [0.05, 0.1) is 12.2 Å². The van der Waals surface area contributed by atoms with Crippen LogP contribution in [0.5, 0.6) is 0 Å². The van der Waals surface area contributed by atoms with Crippen LogP contribution in [-0.2, 0) is 4.74 Å². The van der Waals surface area contributed by atoms with Crippen LogP contribution in [0, 0.1) is 6.92 Å². The molecule has 23 heavy (non-hydrogen) atoms. The number of aromatic nitrogens is 2. The van der Waals surface area contributed by atoms with Gasteiger partial charge >= 0.3 is 6.03 Å². The molecule has 8 heteroatoms. The normalized spacial score (nSPS) is 29.0. The summed E-state index contributed by atoms with van der Waals surface area (Å²) in [5, 5.41) is 12.2. The first-order valence-electron chi connectivity index (χ1n) is 8.27. The molecule has 0 aromatic carbocycles. The number of nitrogens with one attached hydrogen (secondary N) is 1. The van der Waals surface area contributed by atoms with Gasteiger partial charge < -0.3 is 9.64 Å². The molecule has 1 aromatic rings. The second kappa shape index (κ2) is 7.11. The Hall–Kier alpha value is -1.25. The molecule has 0 radical (unpaired) electrons. The van der Waals surface area contributed by atoms with Gasteiger partial charge in [-0.1, -0.05) is 11.3 Å². The lowest BCUT2D eigenvalue weighted by atomic mass is 10.1. The maximum absolute atomic E-state index is 12.5. The minimum atomic E-state index is -0.0574. The molecule has 0 bridgehead atoms. The zero-order valence-corrected chi connectivity index (χ0v) is 14.8. The second-order valence-corrected chi connectivity index (χ2v) is 7.70. The summed E-state index contributed by atoms with van der Waals surface area (Å²) in [4.78, 5) is 16.9. The van der Waals surface area contributed by atoms with E-state index in [1.165, 1.54) is 11.3 Å². The Labute approximate surface area is 141 Å². The number of nitrogens with zero attached hydrogens (tertiary/aromatic N) is 4. The smallest absolute Gasteiger partial charge is 0.323 e. The Balaban J connectivity index is 1.57. The molecule has 3 rings (SSSR count). The zero-order valence-electron chi connectivity index (χ0n) is 14.0. The molecular weight excluding hydrogens is 314 g/mol. The number of urea groups is 1. The largest absolute Gasteiger partial charge is 0.373 e. The maximum atomic E-state index is 12.5. The van der Waals surface area contributed by atoms with Crippen molar-refractivity contribution in [2.24, 2.45) is 0 Å². The van der Waals surface area contributed by atoms with Crippen molar-refractivity contribution in [3.05, 3.63) is 5.01 Å². The summed E-state index contributed by atoms with van der Waals surface area (Å²) in [6.45, 7) is 9.70. The van der Waals surface area contributed by atoms with E-state index in [2.05, 4.69) is 34.3 Å². The summed E-state index contributed by atoms with van der Waals surface area (Å²) in [5.74, 6) is 0. The summed E-state index contributed by atoms with van der Waals surface area (Å²) < 4.78 is 5.79. The van der Waals surface area contributed by atoms with Crippen molar-refractivity contribution < 1.29 is 9.53 Å². The van der Waals surface area contributed by atoms with Crippen molar-refractivity contribution in [1.29, 1.82) is 0 Å². The minimum absolute atomic E-state index is 0.0574. The number of morpholine rings is 1. The van der Waals surface area contributed by atoms with E-state index in [1.54, 1.807) is 0 Å². The van der Waals surface area contributed by atoms with Crippen LogP contribution in [0.2, 0.25) is 0 Å². The average molecular weight is 339 g/mol. The number of aryl methyl sites for hydroxylation is 1. The molecule has 3 atom stereocenters. The highest BCUT2D eigenvalue weighted by Crippen LogP contribution is 2.22. The van der Waals surface area contributed by atoms with E-state index in [0.717, 1.165) is 44.0 Å². The number of hydrogen-bond donors (Lipinski definition) is 1. The molecule has 2 aliphatic rings. The molecule has 2 aliphatic heterocycles. The van der Waals surface area contributed by atoms with Gasteiger partial charge in [0.2, 0.25) is 5.13 Å². The fourth-order valence-electron chi connectivity index (χ4n) is 3.53. The number of anilines is 1. The van der Waals surface area contributed by atoms with Gasteiger partial charge in [0.25, 0.3) is 0 Å². The van der Waals surface area contributed by atoms with E-state index >= 15 is 0 Å². The van der Waals surface area contributed by atoms with Gasteiger partial charge in [-0.15, -0.1) is 10.2 Å². The third-order valence-corrected chi connectivity index (χ3v) is 5.10. The van der Waals surface area contributed by atoms with Gasteiger partial charge in [0.1, 0.15) is 5.01 Å². The molecular formula is C15H25N5O2S. The van der Waals surface area contributed by atoms with Crippen LogP contribution in [-0.4, -0.2) is 70.5 Å². The Morgan fingerprint density at radius 2 is 2.09 bits per heavy atom. The summed E-state index contributed by atoms with van der Waals surface area (Å²) in [7, 11) is 0.